The highest BCUT2D eigenvalue weighted by Gasteiger charge is 2.37. The molecule has 0 aromatic heterocycles. The van der Waals surface area contributed by atoms with Crippen LogP contribution < -0.4 is 5.73 Å². The third-order valence-electron chi connectivity index (χ3n) is 3.30. The van der Waals surface area contributed by atoms with Crippen molar-refractivity contribution in [2.24, 2.45) is 0 Å². The topological polar surface area (TPSA) is 89.5 Å². The lowest BCUT2D eigenvalue weighted by molar-refractivity contribution is -0.384. The van der Waals surface area contributed by atoms with Gasteiger partial charge in [-0.2, -0.15) is 13.2 Å². The van der Waals surface area contributed by atoms with Gasteiger partial charge in [0, 0.05) is 24.7 Å². The van der Waals surface area contributed by atoms with Gasteiger partial charge in [-0.05, 0) is 18.9 Å². The maximum absolute atomic E-state index is 12.9. The van der Waals surface area contributed by atoms with Crippen LogP contribution in [-0.2, 0) is 6.18 Å². The maximum atomic E-state index is 12.9. The molecule has 1 aliphatic rings. The number of likely N-dealkylation sites (tertiary alicyclic amines) is 1. The van der Waals surface area contributed by atoms with Crippen LogP contribution >= 0.6 is 0 Å². The fourth-order valence-corrected chi connectivity index (χ4v) is 2.25. The Labute approximate surface area is 117 Å². The van der Waals surface area contributed by atoms with Gasteiger partial charge in [-0.15, -0.1) is 0 Å². The molecule has 2 rings (SSSR count). The van der Waals surface area contributed by atoms with Crippen molar-refractivity contribution in [2.45, 2.75) is 19.0 Å². The molecule has 114 valence electrons. The van der Waals surface area contributed by atoms with Crippen LogP contribution in [0.5, 0.6) is 0 Å². The molecule has 0 bridgehead atoms. The van der Waals surface area contributed by atoms with E-state index in [1.165, 1.54) is 4.90 Å². The second kappa shape index (κ2) is 5.23. The molecular weight excluding hydrogens is 291 g/mol. The van der Waals surface area contributed by atoms with Gasteiger partial charge in [-0.3, -0.25) is 14.9 Å². The number of nitrogens with two attached hydrogens (primary N) is 1. The van der Waals surface area contributed by atoms with E-state index in [-0.39, 0.29) is 5.56 Å². The van der Waals surface area contributed by atoms with Gasteiger partial charge < -0.3 is 10.6 Å². The minimum absolute atomic E-state index is 0.370. The minimum Gasteiger partial charge on any atom is -0.393 e. The fraction of sp³-hybridized carbons (Fsp3) is 0.417. The van der Waals surface area contributed by atoms with Gasteiger partial charge in [0.25, 0.3) is 11.6 Å². The number of halogens is 3. The zero-order chi connectivity index (χ0) is 15.8. The Balaban J connectivity index is 2.53. The van der Waals surface area contributed by atoms with E-state index < -0.39 is 33.9 Å². The first-order chi connectivity index (χ1) is 9.71. The van der Waals surface area contributed by atoms with Gasteiger partial charge in [0.15, 0.2) is 0 Å². The fourth-order valence-electron chi connectivity index (χ4n) is 2.25. The molecule has 0 unspecified atom stereocenters. The van der Waals surface area contributed by atoms with Crippen LogP contribution in [0.25, 0.3) is 0 Å². The number of hydrogen-bond acceptors (Lipinski definition) is 4. The molecule has 1 aliphatic heterocycles. The normalized spacial score (nSPS) is 15.3. The Morgan fingerprint density at radius 2 is 1.86 bits per heavy atom. The Bertz CT molecular complexity index is 595. The summed E-state index contributed by atoms with van der Waals surface area (Å²) in [6, 6.07) is 1.37. The molecule has 21 heavy (non-hydrogen) atoms. The number of carbonyl (C=O) groups excluding carboxylic acids is 1. The SMILES string of the molecule is Nc1c([N+](=O)[O-])cc(C(=O)N2CCCC2)cc1C(F)(F)F. The number of benzene rings is 1. The molecule has 1 heterocycles. The van der Waals surface area contributed by atoms with E-state index >= 15 is 0 Å². The summed E-state index contributed by atoms with van der Waals surface area (Å²) in [5.41, 5.74) is 1.58. The first kappa shape index (κ1) is 15.1. The first-order valence-corrected chi connectivity index (χ1v) is 6.16. The molecule has 0 aliphatic carbocycles. The number of rotatable bonds is 2. The number of nitro benzene ring substituents is 1. The second-order valence-corrected chi connectivity index (χ2v) is 4.71. The summed E-state index contributed by atoms with van der Waals surface area (Å²) in [5, 5.41) is 10.8. The van der Waals surface area contributed by atoms with Crippen LogP contribution in [0, 0.1) is 10.1 Å². The number of carbonyl (C=O) groups is 1. The summed E-state index contributed by atoms with van der Waals surface area (Å²) in [5.74, 6) is -0.652. The number of anilines is 1. The van der Waals surface area contributed by atoms with E-state index in [0.717, 1.165) is 18.9 Å². The molecule has 1 fully saturated rings. The Hall–Kier alpha value is -2.32. The first-order valence-electron chi connectivity index (χ1n) is 6.16. The predicted octanol–water partition coefficient (Wildman–Crippen LogP) is 2.43. The van der Waals surface area contributed by atoms with E-state index in [2.05, 4.69) is 0 Å². The standard InChI is InChI=1S/C12H12F3N3O3/c13-12(14,15)8-5-7(6-9(10(8)16)18(20)21)11(19)17-3-1-2-4-17/h5-6H,1-4,16H2. The molecule has 0 saturated carbocycles. The van der Waals surface area contributed by atoms with Crippen molar-refractivity contribution < 1.29 is 22.9 Å². The van der Waals surface area contributed by atoms with Crippen molar-refractivity contribution in [3.63, 3.8) is 0 Å². The van der Waals surface area contributed by atoms with Crippen LogP contribution in [0.2, 0.25) is 0 Å². The molecule has 9 heteroatoms. The molecular formula is C12H12F3N3O3. The van der Waals surface area contributed by atoms with Crippen LogP contribution in [0.3, 0.4) is 0 Å². The van der Waals surface area contributed by atoms with Gasteiger partial charge in [0.05, 0.1) is 10.5 Å². The van der Waals surface area contributed by atoms with Crippen LogP contribution in [0.15, 0.2) is 12.1 Å². The van der Waals surface area contributed by atoms with Crippen molar-refractivity contribution in [1.29, 1.82) is 0 Å². The van der Waals surface area contributed by atoms with Crippen LogP contribution in [-0.4, -0.2) is 28.8 Å². The molecule has 2 N–H and O–H groups in total. The Morgan fingerprint density at radius 1 is 1.29 bits per heavy atom. The quantitative estimate of drug-likeness (QED) is 0.516. The minimum atomic E-state index is -4.86. The number of hydrogen-bond donors (Lipinski definition) is 1. The molecule has 0 radical (unpaired) electrons. The van der Waals surface area contributed by atoms with Gasteiger partial charge in [-0.1, -0.05) is 0 Å². The summed E-state index contributed by atoms with van der Waals surface area (Å²) in [7, 11) is 0. The molecule has 1 aromatic rings. The van der Waals surface area contributed by atoms with Gasteiger partial charge in [-0.25, -0.2) is 0 Å². The van der Waals surface area contributed by atoms with Crippen molar-refractivity contribution in [2.75, 3.05) is 18.8 Å². The van der Waals surface area contributed by atoms with E-state index in [4.69, 9.17) is 5.73 Å². The molecule has 0 atom stereocenters. The third kappa shape index (κ3) is 2.91. The van der Waals surface area contributed by atoms with Crippen LogP contribution in [0.4, 0.5) is 24.5 Å². The maximum Gasteiger partial charge on any atom is 0.418 e. The third-order valence-corrected chi connectivity index (χ3v) is 3.30. The zero-order valence-electron chi connectivity index (χ0n) is 10.8. The number of amides is 1. The van der Waals surface area contributed by atoms with Gasteiger partial charge in [0.1, 0.15) is 5.69 Å². The monoisotopic (exact) mass is 303 g/mol. The van der Waals surface area contributed by atoms with E-state index in [1.807, 2.05) is 0 Å². The summed E-state index contributed by atoms with van der Waals surface area (Å²) in [4.78, 5) is 23.3. The highest BCUT2D eigenvalue weighted by molar-refractivity contribution is 5.96. The summed E-state index contributed by atoms with van der Waals surface area (Å²) in [6.45, 7) is 0.858. The van der Waals surface area contributed by atoms with E-state index in [9.17, 15) is 28.1 Å². The molecule has 1 saturated heterocycles. The molecule has 1 aromatic carbocycles. The summed E-state index contributed by atoms with van der Waals surface area (Å²) < 4.78 is 38.7. The van der Waals surface area contributed by atoms with Crippen LogP contribution in [0.1, 0.15) is 28.8 Å². The summed E-state index contributed by atoms with van der Waals surface area (Å²) >= 11 is 0. The Morgan fingerprint density at radius 3 is 2.33 bits per heavy atom. The second-order valence-electron chi connectivity index (χ2n) is 4.71. The lowest BCUT2D eigenvalue weighted by Gasteiger charge is -2.17. The lowest BCUT2D eigenvalue weighted by Crippen LogP contribution is -2.28. The van der Waals surface area contributed by atoms with Crippen molar-refractivity contribution in [1.82, 2.24) is 4.90 Å². The number of nitrogen functional groups attached to an aromatic ring is 1. The predicted molar refractivity (Wildman–Crippen MR) is 67.6 cm³/mol. The van der Waals surface area contributed by atoms with E-state index in [1.54, 1.807) is 0 Å². The average molecular weight is 303 g/mol. The average Bonchev–Trinajstić information content (AvgIpc) is 2.90. The van der Waals surface area contributed by atoms with Gasteiger partial charge in [0.2, 0.25) is 0 Å². The molecule has 0 spiro atoms. The summed E-state index contributed by atoms with van der Waals surface area (Å²) in [6.07, 6.45) is -3.35. The number of nitrogens with zero attached hydrogens (tertiary/aromatic N) is 2. The molecule has 1 amide bonds. The Kier molecular flexibility index (Phi) is 3.75. The highest BCUT2D eigenvalue weighted by atomic mass is 19.4. The zero-order valence-corrected chi connectivity index (χ0v) is 10.8. The van der Waals surface area contributed by atoms with Crippen molar-refractivity contribution in [3.8, 4) is 0 Å². The lowest BCUT2D eigenvalue weighted by atomic mass is 10.1. The largest absolute Gasteiger partial charge is 0.418 e. The number of nitro groups is 1. The van der Waals surface area contributed by atoms with Crippen molar-refractivity contribution >= 4 is 17.3 Å². The van der Waals surface area contributed by atoms with E-state index in [0.29, 0.717) is 19.2 Å². The van der Waals surface area contributed by atoms with Gasteiger partial charge >= 0.3 is 6.18 Å². The highest BCUT2D eigenvalue weighted by Crippen LogP contribution is 2.39. The molecule has 6 nitrogen and oxygen atoms in total. The smallest absolute Gasteiger partial charge is 0.393 e. The number of alkyl halides is 3. The van der Waals surface area contributed by atoms with Crippen molar-refractivity contribution in [3.05, 3.63) is 33.4 Å².